The third-order valence-corrected chi connectivity index (χ3v) is 2.56. The Balaban J connectivity index is 2.11. The Bertz CT molecular complexity index is 570. The smallest absolute Gasteiger partial charge is 0.185 e. The van der Waals surface area contributed by atoms with Crippen molar-refractivity contribution in [3.8, 4) is 0 Å². The van der Waals surface area contributed by atoms with Gasteiger partial charge in [-0.15, -0.1) is 0 Å². The van der Waals surface area contributed by atoms with Gasteiger partial charge in [0.1, 0.15) is 7.85 Å². The summed E-state index contributed by atoms with van der Waals surface area (Å²) in [5.41, 5.74) is 8.48. The number of carbonyl (C=O) groups excluding carboxylic acids is 1. The summed E-state index contributed by atoms with van der Waals surface area (Å²) in [5, 5.41) is 0. The molecule has 0 heterocycles. The van der Waals surface area contributed by atoms with Crippen LogP contribution in [0.4, 0.5) is 5.69 Å². The quantitative estimate of drug-likeness (QED) is 0.381. The van der Waals surface area contributed by atoms with E-state index in [1.807, 2.05) is 12.1 Å². The van der Waals surface area contributed by atoms with E-state index < -0.39 is 0 Å². The van der Waals surface area contributed by atoms with Crippen LogP contribution in [0.5, 0.6) is 0 Å². The van der Waals surface area contributed by atoms with Crippen LogP contribution in [-0.4, -0.2) is 13.6 Å². The maximum absolute atomic E-state index is 11.8. The van der Waals surface area contributed by atoms with E-state index >= 15 is 0 Å². The van der Waals surface area contributed by atoms with Crippen LogP contribution in [0, 0.1) is 0 Å². The summed E-state index contributed by atoms with van der Waals surface area (Å²) in [6, 6.07) is 14.2. The van der Waals surface area contributed by atoms with Crippen LogP contribution in [0.15, 0.2) is 54.6 Å². The van der Waals surface area contributed by atoms with E-state index in [0.29, 0.717) is 16.7 Å². The normalized spacial score (nSPS) is 10.7. The predicted molar refractivity (Wildman–Crippen MR) is 76.0 cm³/mol. The first kappa shape index (κ1) is 12.2. The van der Waals surface area contributed by atoms with Gasteiger partial charge in [-0.2, -0.15) is 0 Å². The molecule has 2 aromatic carbocycles. The van der Waals surface area contributed by atoms with Crippen molar-refractivity contribution in [2.75, 3.05) is 5.73 Å². The Kier molecular flexibility index (Phi) is 3.63. The Morgan fingerprint density at radius 1 is 1.00 bits per heavy atom. The molecule has 2 rings (SSSR count). The standard InChI is InChI=1S/C15H12BNO/c16-13-6-1-11(2-7-13)3-10-15(18)12-4-8-14(17)9-5-12/h1-10H,17H2/b10-3+. The van der Waals surface area contributed by atoms with Crippen molar-refractivity contribution in [1.82, 2.24) is 0 Å². The molecule has 2 nitrogen and oxygen atoms in total. The average molecular weight is 233 g/mol. The number of nitrogen functional groups attached to an aromatic ring is 1. The number of ketones is 1. The van der Waals surface area contributed by atoms with Crippen LogP contribution in [-0.2, 0) is 0 Å². The van der Waals surface area contributed by atoms with Gasteiger partial charge in [0.25, 0.3) is 0 Å². The lowest BCUT2D eigenvalue weighted by Gasteiger charge is -1.97. The molecule has 0 fully saturated rings. The van der Waals surface area contributed by atoms with Crippen molar-refractivity contribution in [3.05, 3.63) is 65.7 Å². The second-order valence-electron chi connectivity index (χ2n) is 3.99. The number of hydrogen-bond donors (Lipinski definition) is 1. The average Bonchev–Trinajstić information content (AvgIpc) is 2.38. The summed E-state index contributed by atoms with van der Waals surface area (Å²) < 4.78 is 0. The molecule has 0 aliphatic rings. The number of anilines is 1. The lowest BCUT2D eigenvalue weighted by atomic mass is 9.95. The monoisotopic (exact) mass is 233 g/mol. The minimum absolute atomic E-state index is 0.0492. The van der Waals surface area contributed by atoms with Gasteiger partial charge in [0.05, 0.1) is 0 Å². The van der Waals surface area contributed by atoms with Crippen molar-refractivity contribution < 1.29 is 4.79 Å². The maximum Gasteiger partial charge on any atom is 0.185 e. The number of hydrogen-bond acceptors (Lipinski definition) is 2. The number of allylic oxidation sites excluding steroid dienone is 1. The Labute approximate surface area is 108 Å². The van der Waals surface area contributed by atoms with Gasteiger partial charge in [0.2, 0.25) is 0 Å². The highest BCUT2D eigenvalue weighted by atomic mass is 16.1. The molecule has 0 bridgehead atoms. The highest BCUT2D eigenvalue weighted by Gasteiger charge is 2.00. The molecule has 0 saturated carbocycles. The molecule has 0 aliphatic heterocycles. The number of nitrogens with two attached hydrogens (primary N) is 1. The first-order valence-electron chi connectivity index (χ1n) is 5.58. The highest BCUT2D eigenvalue weighted by Crippen LogP contribution is 2.08. The first-order valence-corrected chi connectivity index (χ1v) is 5.58. The van der Waals surface area contributed by atoms with Gasteiger partial charge in [-0.3, -0.25) is 4.79 Å². The molecule has 18 heavy (non-hydrogen) atoms. The summed E-state index contributed by atoms with van der Waals surface area (Å²) in [6.45, 7) is 0. The summed E-state index contributed by atoms with van der Waals surface area (Å²) in [6.07, 6.45) is 3.30. The zero-order valence-electron chi connectivity index (χ0n) is 9.84. The highest BCUT2D eigenvalue weighted by molar-refractivity contribution is 6.32. The van der Waals surface area contributed by atoms with Gasteiger partial charge in [-0.1, -0.05) is 35.8 Å². The van der Waals surface area contributed by atoms with Crippen LogP contribution < -0.4 is 11.2 Å². The Morgan fingerprint density at radius 3 is 2.22 bits per heavy atom. The van der Waals surface area contributed by atoms with Gasteiger partial charge in [0, 0.05) is 11.3 Å². The molecule has 2 radical (unpaired) electrons. The van der Waals surface area contributed by atoms with E-state index in [4.69, 9.17) is 13.6 Å². The van der Waals surface area contributed by atoms with Crippen LogP contribution in [0.3, 0.4) is 0 Å². The van der Waals surface area contributed by atoms with Crippen LogP contribution in [0.25, 0.3) is 6.08 Å². The van der Waals surface area contributed by atoms with E-state index in [9.17, 15) is 4.79 Å². The predicted octanol–water partition coefficient (Wildman–Crippen LogP) is 1.96. The lowest BCUT2D eigenvalue weighted by molar-refractivity contribution is 0.104. The van der Waals surface area contributed by atoms with Gasteiger partial charge in [0.15, 0.2) is 5.78 Å². The molecule has 2 aromatic rings. The second-order valence-corrected chi connectivity index (χ2v) is 3.99. The van der Waals surface area contributed by atoms with Gasteiger partial charge in [-0.05, 0) is 35.9 Å². The number of carbonyl (C=O) groups is 1. The first-order chi connectivity index (χ1) is 8.65. The fourth-order valence-electron chi connectivity index (χ4n) is 1.52. The van der Waals surface area contributed by atoms with Crippen LogP contribution in [0.1, 0.15) is 15.9 Å². The zero-order chi connectivity index (χ0) is 13.0. The Hall–Kier alpha value is -2.29. The molecular weight excluding hydrogens is 221 g/mol. The number of rotatable bonds is 3. The third-order valence-electron chi connectivity index (χ3n) is 2.56. The van der Waals surface area contributed by atoms with E-state index in [1.165, 1.54) is 6.08 Å². The maximum atomic E-state index is 11.8. The van der Waals surface area contributed by atoms with E-state index in [1.54, 1.807) is 42.5 Å². The van der Waals surface area contributed by atoms with E-state index in [0.717, 1.165) is 5.56 Å². The molecule has 3 heteroatoms. The fraction of sp³-hybridized carbons (Fsp3) is 0. The SMILES string of the molecule is [B]c1ccc(/C=C/C(=O)c2ccc(N)cc2)cc1. The summed E-state index contributed by atoms with van der Waals surface area (Å²) >= 11 is 0. The molecule has 0 unspecified atom stereocenters. The van der Waals surface area contributed by atoms with Gasteiger partial charge >= 0.3 is 0 Å². The molecular formula is C15H12BNO. The summed E-state index contributed by atoms with van der Waals surface area (Å²) in [4.78, 5) is 11.8. The molecule has 2 N–H and O–H groups in total. The van der Waals surface area contributed by atoms with Crippen molar-refractivity contribution in [2.45, 2.75) is 0 Å². The topological polar surface area (TPSA) is 43.1 Å². The van der Waals surface area contributed by atoms with Crippen LogP contribution >= 0.6 is 0 Å². The molecule has 0 spiro atoms. The van der Waals surface area contributed by atoms with Crippen LogP contribution in [0.2, 0.25) is 0 Å². The molecule has 0 amide bonds. The zero-order valence-corrected chi connectivity index (χ0v) is 9.84. The van der Waals surface area contributed by atoms with Crippen molar-refractivity contribution >= 4 is 30.9 Å². The van der Waals surface area contributed by atoms with E-state index in [2.05, 4.69) is 0 Å². The molecule has 0 aliphatic carbocycles. The third kappa shape index (κ3) is 3.11. The fourth-order valence-corrected chi connectivity index (χ4v) is 1.52. The minimum atomic E-state index is -0.0492. The van der Waals surface area contributed by atoms with E-state index in [-0.39, 0.29) is 5.78 Å². The summed E-state index contributed by atoms with van der Waals surface area (Å²) in [5.74, 6) is -0.0492. The van der Waals surface area contributed by atoms with Crippen molar-refractivity contribution in [2.24, 2.45) is 0 Å². The van der Waals surface area contributed by atoms with Gasteiger partial charge in [-0.25, -0.2) is 0 Å². The summed E-state index contributed by atoms with van der Waals surface area (Å²) in [7, 11) is 5.58. The molecule has 0 aromatic heterocycles. The van der Waals surface area contributed by atoms with Gasteiger partial charge < -0.3 is 5.73 Å². The lowest BCUT2D eigenvalue weighted by Crippen LogP contribution is -1.99. The minimum Gasteiger partial charge on any atom is -0.399 e. The van der Waals surface area contributed by atoms with Crippen molar-refractivity contribution in [1.29, 1.82) is 0 Å². The number of benzene rings is 2. The van der Waals surface area contributed by atoms with Crippen molar-refractivity contribution in [3.63, 3.8) is 0 Å². The molecule has 86 valence electrons. The largest absolute Gasteiger partial charge is 0.399 e. The Morgan fingerprint density at radius 2 is 1.61 bits per heavy atom. The molecule has 0 saturated heterocycles. The second kappa shape index (κ2) is 5.36. The molecule has 0 atom stereocenters.